The summed E-state index contributed by atoms with van der Waals surface area (Å²) in [5.41, 5.74) is -0.791. The maximum atomic E-state index is 12.9. The van der Waals surface area contributed by atoms with Crippen molar-refractivity contribution in [1.29, 1.82) is 0 Å². The Morgan fingerprint density at radius 3 is 2.57 bits per heavy atom. The molecule has 1 aromatic carbocycles. The van der Waals surface area contributed by atoms with Gasteiger partial charge in [-0.25, -0.2) is 9.69 Å². The highest BCUT2D eigenvalue weighted by Crippen LogP contribution is 2.45. The van der Waals surface area contributed by atoms with Gasteiger partial charge in [0.15, 0.2) is 0 Å². The van der Waals surface area contributed by atoms with E-state index < -0.39 is 29.5 Å². The number of hydrogen-bond donors (Lipinski definition) is 0. The smallest absolute Gasteiger partial charge is 0.421 e. The number of anilines is 1. The second-order valence-electron chi connectivity index (χ2n) is 5.52. The number of esters is 1. The molecule has 1 heterocycles. The molecule has 1 aliphatic heterocycles. The molecular formula is C17H19NO5. The van der Waals surface area contributed by atoms with Gasteiger partial charge in [-0.05, 0) is 6.07 Å². The van der Waals surface area contributed by atoms with Crippen LogP contribution in [0.4, 0.5) is 10.5 Å². The standard InChI is InChI=1S/C17H19NO5/c1-5-10-17(23-14(19)11(2)3)12-8-6-7-9-13(12)18(15(17)20)16(21)22-4/h5-9,11H,1,10H2,2-4H3/t17-/m0/s1. The predicted octanol–water partition coefficient (Wildman–Crippen LogP) is 2.77. The summed E-state index contributed by atoms with van der Waals surface area (Å²) in [7, 11) is 1.19. The van der Waals surface area contributed by atoms with Crippen molar-refractivity contribution in [2.24, 2.45) is 5.92 Å². The predicted molar refractivity (Wildman–Crippen MR) is 83.8 cm³/mol. The Kier molecular flexibility index (Phi) is 4.54. The first-order valence-electron chi connectivity index (χ1n) is 7.24. The molecule has 0 bridgehead atoms. The number of imide groups is 1. The van der Waals surface area contributed by atoms with Gasteiger partial charge in [0.25, 0.3) is 5.91 Å². The van der Waals surface area contributed by atoms with Gasteiger partial charge in [0.2, 0.25) is 5.60 Å². The minimum atomic E-state index is -1.59. The zero-order chi connectivity index (χ0) is 17.2. The van der Waals surface area contributed by atoms with E-state index in [2.05, 4.69) is 11.3 Å². The van der Waals surface area contributed by atoms with Crippen molar-refractivity contribution in [3.05, 3.63) is 42.5 Å². The zero-order valence-corrected chi connectivity index (χ0v) is 13.4. The largest absolute Gasteiger partial charge is 0.452 e. The minimum Gasteiger partial charge on any atom is -0.452 e. The molecule has 0 aromatic heterocycles. The van der Waals surface area contributed by atoms with Crippen molar-refractivity contribution in [1.82, 2.24) is 0 Å². The summed E-state index contributed by atoms with van der Waals surface area (Å²) in [4.78, 5) is 38.0. The molecule has 122 valence electrons. The monoisotopic (exact) mass is 317 g/mol. The van der Waals surface area contributed by atoms with Crippen molar-refractivity contribution in [3.63, 3.8) is 0 Å². The van der Waals surface area contributed by atoms with Gasteiger partial charge in [-0.15, -0.1) is 6.58 Å². The zero-order valence-electron chi connectivity index (χ0n) is 13.4. The molecule has 0 radical (unpaired) electrons. The molecule has 0 aliphatic carbocycles. The van der Waals surface area contributed by atoms with Crippen LogP contribution in [-0.2, 0) is 24.7 Å². The summed E-state index contributed by atoms with van der Waals surface area (Å²) in [6.07, 6.45) is 0.728. The molecule has 0 unspecified atom stereocenters. The first-order valence-corrected chi connectivity index (χ1v) is 7.24. The van der Waals surface area contributed by atoms with Gasteiger partial charge in [0.05, 0.1) is 18.7 Å². The minimum absolute atomic E-state index is 0.0643. The number of methoxy groups -OCH3 is 1. The molecule has 1 aromatic rings. The molecule has 0 saturated heterocycles. The van der Waals surface area contributed by atoms with E-state index in [0.29, 0.717) is 11.3 Å². The molecule has 23 heavy (non-hydrogen) atoms. The van der Waals surface area contributed by atoms with Crippen LogP contribution >= 0.6 is 0 Å². The van der Waals surface area contributed by atoms with Crippen LogP contribution in [-0.4, -0.2) is 25.1 Å². The van der Waals surface area contributed by atoms with Crippen LogP contribution in [0.1, 0.15) is 25.8 Å². The van der Waals surface area contributed by atoms with E-state index in [9.17, 15) is 14.4 Å². The number of carbonyl (C=O) groups is 3. The number of benzene rings is 1. The van der Waals surface area contributed by atoms with Gasteiger partial charge in [0, 0.05) is 12.0 Å². The number of para-hydroxylation sites is 1. The molecule has 6 heteroatoms. The first kappa shape index (κ1) is 16.7. The summed E-state index contributed by atoms with van der Waals surface area (Å²) < 4.78 is 10.2. The number of ether oxygens (including phenoxy) is 2. The van der Waals surface area contributed by atoms with Crippen LogP contribution in [0.15, 0.2) is 36.9 Å². The summed E-state index contributed by atoms with van der Waals surface area (Å²) in [5, 5.41) is 0. The molecule has 6 nitrogen and oxygen atoms in total. The van der Waals surface area contributed by atoms with E-state index >= 15 is 0 Å². The summed E-state index contributed by atoms with van der Waals surface area (Å²) in [6.45, 7) is 6.99. The molecule has 2 rings (SSSR count). The van der Waals surface area contributed by atoms with E-state index in [0.717, 1.165) is 4.90 Å². The van der Waals surface area contributed by atoms with Crippen molar-refractivity contribution in [3.8, 4) is 0 Å². The van der Waals surface area contributed by atoms with Crippen LogP contribution in [0.25, 0.3) is 0 Å². The van der Waals surface area contributed by atoms with Gasteiger partial charge in [0.1, 0.15) is 0 Å². The molecule has 2 amide bonds. The van der Waals surface area contributed by atoms with E-state index in [1.807, 2.05) is 0 Å². The lowest BCUT2D eigenvalue weighted by Crippen LogP contribution is -2.46. The van der Waals surface area contributed by atoms with E-state index in [-0.39, 0.29) is 6.42 Å². The Labute approximate surface area is 134 Å². The molecule has 0 N–H and O–H groups in total. The quantitative estimate of drug-likeness (QED) is 0.630. The van der Waals surface area contributed by atoms with Crippen molar-refractivity contribution in [2.45, 2.75) is 25.9 Å². The van der Waals surface area contributed by atoms with Gasteiger partial charge in [-0.1, -0.05) is 38.1 Å². The Morgan fingerprint density at radius 2 is 2.00 bits per heavy atom. The molecule has 1 aliphatic rings. The number of carbonyl (C=O) groups excluding carboxylic acids is 3. The number of fused-ring (bicyclic) bond motifs is 1. The maximum Gasteiger partial charge on any atom is 0.421 e. The number of rotatable bonds is 4. The molecule has 0 spiro atoms. The van der Waals surface area contributed by atoms with E-state index in [1.165, 1.54) is 13.2 Å². The third-order valence-corrected chi connectivity index (χ3v) is 3.66. The Balaban J connectivity index is 2.62. The number of amides is 2. The first-order chi connectivity index (χ1) is 10.9. The molecule has 0 fully saturated rings. The third-order valence-electron chi connectivity index (χ3n) is 3.66. The summed E-state index contributed by atoms with van der Waals surface area (Å²) in [5.74, 6) is -1.59. The van der Waals surface area contributed by atoms with Crippen LogP contribution in [0.5, 0.6) is 0 Å². The van der Waals surface area contributed by atoms with Crippen molar-refractivity contribution < 1.29 is 23.9 Å². The SMILES string of the molecule is C=CC[C@@]1(OC(=O)C(C)C)C(=O)N(C(=O)OC)c2ccccc21. The van der Waals surface area contributed by atoms with Crippen LogP contribution in [0.3, 0.4) is 0 Å². The fourth-order valence-electron chi connectivity index (χ4n) is 2.52. The highest BCUT2D eigenvalue weighted by molar-refractivity contribution is 6.20. The summed E-state index contributed by atoms with van der Waals surface area (Å²) in [6, 6.07) is 6.68. The topological polar surface area (TPSA) is 72.9 Å². The molecule has 1 atom stereocenters. The van der Waals surface area contributed by atoms with Crippen LogP contribution < -0.4 is 4.90 Å². The molecular weight excluding hydrogens is 298 g/mol. The average Bonchev–Trinajstić information content (AvgIpc) is 2.76. The van der Waals surface area contributed by atoms with Gasteiger partial charge in [-0.2, -0.15) is 0 Å². The lowest BCUT2D eigenvalue weighted by molar-refractivity contribution is -0.170. The van der Waals surface area contributed by atoms with Gasteiger partial charge < -0.3 is 9.47 Å². The fraction of sp³-hybridized carbons (Fsp3) is 0.353. The lowest BCUT2D eigenvalue weighted by Gasteiger charge is -2.28. The fourth-order valence-corrected chi connectivity index (χ4v) is 2.52. The highest BCUT2D eigenvalue weighted by atomic mass is 16.6. The van der Waals surface area contributed by atoms with E-state index in [1.54, 1.807) is 38.1 Å². The molecule has 0 saturated carbocycles. The lowest BCUT2D eigenvalue weighted by atomic mass is 9.91. The second kappa shape index (κ2) is 6.24. The normalized spacial score (nSPS) is 19.5. The Hall–Kier alpha value is -2.63. The van der Waals surface area contributed by atoms with E-state index in [4.69, 9.17) is 4.74 Å². The second-order valence-corrected chi connectivity index (χ2v) is 5.52. The Morgan fingerprint density at radius 1 is 1.35 bits per heavy atom. The van der Waals surface area contributed by atoms with Gasteiger partial charge >= 0.3 is 12.1 Å². The van der Waals surface area contributed by atoms with Crippen LogP contribution in [0.2, 0.25) is 0 Å². The number of nitrogens with zero attached hydrogens (tertiary/aromatic N) is 1. The van der Waals surface area contributed by atoms with Crippen molar-refractivity contribution in [2.75, 3.05) is 12.0 Å². The average molecular weight is 317 g/mol. The Bertz CT molecular complexity index is 667. The maximum absolute atomic E-state index is 12.9. The summed E-state index contributed by atoms with van der Waals surface area (Å²) >= 11 is 0. The highest BCUT2D eigenvalue weighted by Gasteiger charge is 2.55. The third kappa shape index (κ3) is 2.60. The number of hydrogen-bond acceptors (Lipinski definition) is 5. The van der Waals surface area contributed by atoms with Gasteiger partial charge in [-0.3, -0.25) is 9.59 Å². The van der Waals surface area contributed by atoms with Crippen LogP contribution in [0, 0.1) is 5.92 Å². The van der Waals surface area contributed by atoms with Crippen molar-refractivity contribution >= 4 is 23.7 Å².